The van der Waals surface area contributed by atoms with Gasteiger partial charge in [-0.1, -0.05) is 32.4 Å². The molecule has 5 amide bonds. The van der Waals surface area contributed by atoms with Crippen LogP contribution in [0.5, 0.6) is 0 Å². The van der Waals surface area contributed by atoms with Gasteiger partial charge in [0.2, 0.25) is 23.7 Å². The van der Waals surface area contributed by atoms with Crippen LogP contribution in [0.15, 0.2) is 60.2 Å². The van der Waals surface area contributed by atoms with Gasteiger partial charge in [0.15, 0.2) is 28.9 Å². The SMILES string of the molecule is CC(C)[C@H](NC(=O)CCCCCN1C(=O)C=CC1=O)C(=O)N[C@@H](C)C(=O)Nc1ccc(CSP(=O)(O)OC[C@H]2O[C@@H](n3cnc4c(=O)[nH]c(N)nc43)[C@H](OP(=O)(O)OC[C@]3(CO)CC[C@H](n4cnc5c(N)ncnc54)O3)[C@@H]2O)cc1. The smallest absolute Gasteiger partial charge is 0.393 e. The number of benzene rings is 1. The van der Waals surface area contributed by atoms with Gasteiger partial charge in [-0.05, 0) is 67.6 Å². The number of nitrogens with one attached hydrogen (secondary N) is 4. The Hall–Kier alpha value is -6.54. The second kappa shape index (κ2) is 25.1. The first kappa shape index (κ1) is 59.6. The van der Waals surface area contributed by atoms with E-state index in [2.05, 4.69) is 45.9 Å². The molecule has 0 radical (unpaired) electrons. The zero-order valence-electron chi connectivity index (χ0n) is 43.2. The number of hydrogen-bond donors (Lipinski definition) is 10. The van der Waals surface area contributed by atoms with Gasteiger partial charge in [-0.15, -0.1) is 0 Å². The third kappa shape index (κ3) is 14.1. The van der Waals surface area contributed by atoms with Crippen LogP contribution in [0, 0.1) is 5.92 Å². The maximum absolute atomic E-state index is 13.7. The molecule has 3 aliphatic heterocycles. The van der Waals surface area contributed by atoms with E-state index >= 15 is 0 Å². The van der Waals surface area contributed by atoms with Crippen molar-refractivity contribution in [2.75, 3.05) is 43.1 Å². The molecule has 0 bridgehead atoms. The summed E-state index contributed by atoms with van der Waals surface area (Å²) in [5, 5.41) is 30.1. The molecule has 2 unspecified atom stereocenters. The van der Waals surface area contributed by atoms with E-state index in [4.69, 9.17) is 34.5 Å². The molecule has 0 spiro atoms. The number of aliphatic hydroxyl groups excluding tert-OH is 2. The molecule has 5 aromatic rings. The first-order valence-corrected chi connectivity index (χ1v) is 29.7. The predicted octanol–water partition coefficient (Wildman–Crippen LogP) is 1.04. The van der Waals surface area contributed by atoms with Crippen molar-refractivity contribution in [3.8, 4) is 0 Å². The second-order valence-electron chi connectivity index (χ2n) is 19.4. The number of unbranched alkanes of at least 4 members (excludes halogenated alkanes) is 2. The normalized spacial score (nSPS) is 23.4. The fourth-order valence-electron chi connectivity index (χ4n) is 8.87. The molecule has 0 saturated carbocycles. The van der Waals surface area contributed by atoms with Crippen molar-refractivity contribution >= 4 is 95.3 Å². The van der Waals surface area contributed by atoms with E-state index in [-0.39, 0.29) is 78.1 Å². The van der Waals surface area contributed by atoms with Crippen molar-refractivity contribution in [1.82, 2.24) is 54.6 Å². The summed E-state index contributed by atoms with van der Waals surface area (Å²) in [6.07, 6.45) is 0.621. The van der Waals surface area contributed by atoms with Crippen molar-refractivity contribution in [2.24, 2.45) is 5.92 Å². The van der Waals surface area contributed by atoms with Crippen molar-refractivity contribution in [3.63, 3.8) is 0 Å². The molecule has 4 aromatic heterocycles. The monoisotopic (exact) mass is 1170 g/mol. The summed E-state index contributed by atoms with van der Waals surface area (Å²) < 4.78 is 58.2. The van der Waals surface area contributed by atoms with E-state index in [1.807, 2.05) is 0 Å². The number of aromatic amines is 1. The molecule has 8 rings (SSSR count). The van der Waals surface area contributed by atoms with E-state index in [9.17, 15) is 57.9 Å². The molecule has 432 valence electrons. The van der Waals surface area contributed by atoms with Crippen molar-refractivity contribution < 1.29 is 76.1 Å². The number of hydrogen-bond acceptors (Lipinski definition) is 23. The summed E-state index contributed by atoms with van der Waals surface area (Å²) in [4.78, 5) is 121. The minimum atomic E-state index is -5.25. The highest BCUT2D eigenvalue weighted by Crippen LogP contribution is 2.58. The van der Waals surface area contributed by atoms with Gasteiger partial charge >= 0.3 is 14.6 Å². The molecule has 12 N–H and O–H groups in total. The van der Waals surface area contributed by atoms with Gasteiger partial charge in [-0.2, -0.15) is 4.98 Å². The molecule has 2 fully saturated rings. The molecule has 31 nitrogen and oxygen atoms in total. The Labute approximate surface area is 458 Å². The number of ether oxygens (including phenoxy) is 2. The highest BCUT2D eigenvalue weighted by Gasteiger charge is 2.51. The number of nitrogen functional groups attached to an aromatic ring is 2. The van der Waals surface area contributed by atoms with Gasteiger partial charge in [0, 0.05) is 36.6 Å². The quantitative estimate of drug-likeness (QED) is 0.0210. The Balaban J connectivity index is 0.825. The number of anilines is 3. The Morgan fingerprint density at radius 1 is 0.925 bits per heavy atom. The molecule has 0 aliphatic carbocycles. The third-order valence-electron chi connectivity index (χ3n) is 13.2. The maximum atomic E-state index is 13.7. The first-order chi connectivity index (χ1) is 38.0. The van der Waals surface area contributed by atoms with Gasteiger partial charge < -0.3 is 56.9 Å². The highest BCUT2D eigenvalue weighted by atomic mass is 32.7. The largest absolute Gasteiger partial charge is 0.472 e. The number of amides is 5. The van der Waals surface area contributed by atoms with E-state index in [0.29, 0.717) is 53.1 Å². The minimum Gasteiger partial charge on any atom is -0.393 e. The molecule has 10 atom stereocenters. The highest BCUT2D eigenvalue weighted by molar-refractivity contribution is 8.54. The zero-order valence-corrected chi connectivity index (χ0v) is 45.8. The first-order valence-electron chi connectivity index (χ1n) is 25.0. The van der Waals surface area contributed by atoms with Crippen LogP contribution in [0.2, 0.25) is 0 Å². The van der Waals surface area contributed by atoms with Crippen LogP contribution in [0.4, 0.5) is 17.5 Å². The number of nitrogens with two attached hydrogens (primary N) is 2. The maximum Gasteiger partial charge on any atom is 0.472 e. The van der Waals surface area contributed by atoms with E-state index in [1.54, 1.807) is 30.5 Å². The summed E-state index contributed by atoms with van der Waals surface area (Å²) in [6.45, 7) is -1.50. The van der Waals surface area contributed by atoms with E-state index in [0.717, 1.165) is 15.8 Å². The number of phosphoric ester groups is 1. The van der Waals surface area contributed by atoms with Gasteiger partial charge in [-0.25, -0.2) is 29.1 Å². The summed E-state index contributed by atoms with van der Waals surface area (Å²) >= 11 is 0.502. The lowest BCUT2D eigenvalue weighted by Gasteiger charge is -2.29. The topological polar surface area (TPSA) is 445 Å². The van der Waals surface area contributed by atoms with Gasteiger partial charge in [0.25, 0.3) is 17.4 Å². The molecular formula is C46H60N14O17P2S. The molecule has 80 heavy (non-hydrogen) atoms. The van der Waals surface area contributed by atoms with Crippen molar-refractivity contribution in [1.29, 1.82) is 0 Å². The van der Waals surface area contributed by atoms with Crippen LogP contribution in [-0.4, -0.2) is 156 Å². The number of carbonyl (C=O) groups excluding carboxylic acids is 5. The Morgan fingerprint density at radius 3 is 2.35 bits per heavy atom. The Kier molecular flexibility index (Phi) is 18.7. The third-order valence-corrected chi connectivity index (χ3v) is 17.1. The number of aliphatic hydroxyl groups is 2. The standard InChI is InChI=1S/C46H60N14O17P2S/c1-24(2)33(55-29(62)7-5-4-6-16-58-30(63)12-13-31(58)64)42(67)53-25(3)41(66)54-27-10-8-26(9-11-27)18-80-79(71,72)73-17-28-36(65)37(44(75-28)60-23-52-35-40(60)56-45(48)57-43(35)68)77-78(69,70)74-20-46(19-61)15-14-32(76-46)59-22-51-34-38(47)49-21-50-39(34)59/h8-13,21-25,28,32-33,36-37,44,61,65H,4-7,14-20H2,1-3H3,(H,53,67)(H,54,66)(H,55,62)(H,69,70)(H,71,72)(H2,47,49,50)(H3,48,56,57,68)/t25-,28+,32+,33-,36+,37+,44+,46+/m0/s1. The Bertz CT molecular complexity index is 3290. The summed E-state index contributed by atoms with van der Waals surface area (Å²) in [5.41, 5.74) is 10.6. The molecular weight excluding hydrogens is 1110 g/mol. The molecule has 34 heteroatoms. The van der Waals surface area contributed by atoms with Crippen molar-refractivity contribution in [3.05, 3.63) is 71.3 Å². The predicted molar refractivity (Wildman–Crippen MR) is 283 cm³/mol. The van der Waals surface area contributed by atoms with Crippen molar-refractivity contribution in [2.45, 2.75) is 114 Å². The fourth-order valence-corrected chi connectivity index (χ4v) is 12.1. The van der Waals surface area contributed by atoms with E-state index in [1.165, 1.54) is 43.9 Å². The van der Waals surface area contributed by atoms with Crippen LogP contribution in [0.25, 0.3) is 22.3 Å². The van der Waals surface area contributed by atoms with Gasteiger partial charge in [0.05, 0.1) is 32.5 Å². The van der Waals surface area contributed by atoms with Gasteiger partial charge in [-0.3, -0.25) is 61.4 Å². The number of rotatable bonds is 26. The molecule has 7 heterocycles. The average molecular weight is 1180 g/mol. The number of carbonyl (C=O) groups is 5. The van der Waals surface area contributed by atoms with Crippen LogP contribution in [0.3, 0.4) is 0 Å². The van der Waals surface area contributed by atoms with Gasteiger partial charge in [0.1, 0.15) is 54.1 Å². The molecule has 2 saturated heterocycles. The lowest BCUT2D eigenvalue weighted by atomic mass is 10.0. The zero-order chi connectivity index (χ0) is 57.7. The van der Waals surface area contributed by atoms with Crippen LogP contribution < -0.4 is 33.0 Å². The fraction of sp³-hybridized carbons (Fsp3) is 0.500. The number of H-pyrrole nitrogens is 1. The number of aromatic nitrogens is 8. The lowest BCUT2D eigenvalue weighted by molar-refractivity contribution is -0.137. The number of imide groups is 1. The van der Waals surface area contributed by atoms with E-state index < -0.39 is 100 Å². The number of nitrogens with zero attached hydrogens (tertiary/aromatic N) is 8. The van der Waals surface area contributed by atoms with Crippen LogP contribution in [0.1, 0.15) is 77.3 Å². The Morgan fingerprint density at radius 2 is 1.64 bits per heavy atom. The summed E-state index contributed by atoms with van der Waals surface area (Å²) in [5.74, 6) is -2.88. The summed E-state index contributed by atoms with van der Waals surface area (Å²) in [6, 6.07) is 4.22. The minimum absolute atomic E-state index is 0.0903. The summed E-state index contributed by atoms with van der Waals surface area (Å²) in [7, 11) is -5.25. The number of phosphoric acid groups is 1. The van der Waals surface area contributed by atoms with Crippen LogP contribution in [-0.2, 0) is 61.9 Å². The average Bonchev–Trinajstić information content (AvgIpc) is 4.32. The lowest BCUT2D eigenvalue weighted by Crippen LogP contribution is -2.53. The van der Waals surface area contributed by atoms with Crippen LogP contribution >= 0.6 is 26.0 Å². The molecule has 1 aromatic carbocycles. The number of fused-ring (bicyclic) bond motifs is 2. The number of imidazole rings is 2. The second-order valence-corrected chi connectivity index (χ2v) is 24.7. The molecule has 3 aliphatic rings.